The Labute approximate surface area is 213 Å². The highest BCUT2D eigenvalue weighted by molar-refractivity contribution is 7.98. The van der Waals surface area contributed by atoms with E-state index in [1.807, 2.05) is 22.6 Å². The third-order valence-corrected chi connectivity index (χ3v) is 7.11. The standard InChI is InChI=1S/C25H32N4O6S/c1-3-28-14-17(23(31)16-12-20-21(13-19(16)28)35-15-34-20)24(32)27-18(7-11-36-2)25(33)26-8-5-10-29-9-4-6-22(29)30/h12-14,18H,3-11,15H2,1-2H3,(H,26,33)(H,27,32)/t18-/m0/s1. The summed E-state index contributed by atoms with van der Waals surface area (Å²) in [4.78, 5) is 52.9. The average molecular weight is 517 g/mol. The number of thioether (sulfide) groups is 1. The van der Waals surface area contributed by atoms with Gasteiger partial charge in [-0.15, -0.1) is 0 Å². The highest BCUT2D eigenvalue weighted by atomic mass is 32.2. The van der Waals surface area contributed by atoms with Gasteiger partial charge < -0.3 is 29.6 Å². The van der Waals surface area contributed by atoms with E-state index >= 15 is 0 Å². The summed E-state index contributed by atoms with van der Waals surface area (Å²) in [5.74, 6) is 0.956. The molecular formula is C25H32N4O6S. The average Bonchev–Trinajstić information content (AvgIpc) is 3.51. The van der Waals surface area contributed by atoms with Gasteiger partial charge in [0.05, 0.1) is 10.9 Å². The van der Waals surface area contributed by atoms with Crippen LogP contribution in [-0.2, 0) is 16.1 Å². The Morgan fingerprint density at radius 3 is 2.67 bits per heavy atom. The molecule has 0 saturated carbocycles. The summed E-state index contributed by atoms with van der Waals surface area (Å²) in [6.45, 7) is 4.31. The fraction of sp³-hybridized carbons (Fsp3) is 0.520. The summed E-state index contributed by atoms with van der Waals surface area (Å²) >= 11 is 1.57. The maximum atomic E-state index is 13.3. The van der Waals surface area contributed by atoms with Crippen LogP contribution in [0.3, 0.4) is 0 Å². The van der Waals surface area contributed by atoms with Crippen molar-refractivity contribution in [3.8, 4) is 11.5 Å². The number of nitrogens with zero attached hydrogens (tertiary/aromatic N) is 2. The van der Waals surface area contributed by atoms with Crippen molar-refractivity contribution in [2.24, 2.45) is 0 Å². The summed E-state index contributed by atoms with van der Waals surface area (Å²) in [7, 11) is 0. The third-order valence-electron chi connectivity index (χ3n) is 6.47. The number of amides is 3. The third kappa shape index (κ3) is 5.61. The van der Waals surface area contributed by atoms with E-state index in [1.165, 1.54) is 6.20 Å². The molecule has 2 aliphatic rings. The van der Waals surface area contributed by atoms with E-state index in [0.717, 1.165) is 13.0 Å². The first kappa shape index (κ1) is 25.9. The number of benzene rings is 1. The first-order valence-corrected chi connectivity index (χ1v) is 13.6. The van der Waals surface area contributed by atoms with Crippen molar-refractivity contribution in [3.05, 3.63) is 34.1 Å². The second-order valence-corrected chi connectivity index (χ2v) is 9.80. The van der Waals surface area contributed by atoms with Crippen molar-refractivity contribution in [1.82, 2.24) is 20.1 Å². The molecule has 3 amide bonds. The Bertz CT molecular complexity index is 1210. The number of hydrogen-bond donors (Lipinski definition) is 2. The van der Waals surface area contributed by atoms with Gasteiger partial charge in [-0.25, -0.2) is 0 Å². The van der Waals surface area contributed by atoms with Crippen LogP contribution in [0.15, 0.2) is 23.1 Å². The molecule has 1 aromatic carbocycles. The molecule has 11 heteroatoms. The number of fused-ring (bicyclic) bond motifs is 2. The maximum absolute atomic E-state index is 13.3. The van der Waals surface area contributed by atoms with Crippen molar-refractivity contribution in [2.75, 3.05) is 38.4 Å². The molecule has 0 unspecified atom stereocenters. The lowest BCUT2D eigenvalue weighted by Gasteiger charge is -2.20. The number of aromatic nitrogens is 1. The van der Waals surface area contributed by atoms with E-state index < -0.39 is 17.4 Å². The number of rotatable bonds is 11. The molecule has 4 rings (SSSR count). The monoisotopic (exact) mass is 516 g/mol. The van der Waals surface area contributed by atoms with Gasteiger partial charge in [-0.05, 0) is 44.3 Å². The van der Waals surface area contributed by atoms with Crippen LogP contribution in [0.2, 0.25) is 0 Å². The number of likely N-dealkylation sites (tertiary alicyclic amines) is 1. The van der Waals surface area contributed by atoms with E-state index in [4.69, 9.17) is 9.47 Å². The van der Waals surface area contributed by atoms with E-state index in [2.05, 4.69) is 10.6 Å². The lowest BCUT2D eigenvalue weighted by Crippen LogP contribution is -2.48. The highest BCUT2D eigenvalue weighted by Crippen LogP contribution is 2.35. The zero-order valence-corrected chi connectivity index (χ0v) is 21.4. The minimum atomic E-state index is -0.778. The summed E-state index contributed by atoms with van der Waals surface area (Å²) in [6.07, 6.45) is 6.00. The van der Waals surface area contributed by atoms with Gasteiger partial charge in [0.15, 0.2) is 11.5 Å². The van der Waals surface area contributed by atoms with Crippen LogP contribution in [0, 0.1) is 0 Å². The van der Waals surface area contributed by atoms with Gasteiger partial charge in [-0.3, -0.25) is 19.2 Å². The van der Waals surface area contributed by atoms with E-state index in [1.54, 1.807) is 23.9 Å². The van der Waals surface area contributed by atoms with Crippen LogP contribution in [0.4, 0.5) is 0 Å². The molecule has 1 atom stereocenters. The van der Waals surface area contributed by atoms with Crippen LogP contribution >= 0.6 is 11.8 Å². The SMILES string of the molecule is CCn1cc(C(=O)N[C@@H](CCSC)C(=O)NCCCN2CCCC2=O)c(=O)c2cc3c(cc21)OCO3. The van der Waals surface area contributed by atoms with Gasteiger partial charge in [-0.2, -0.15) is 11.8 Å². The molecule has 3 heterocycles. The van der Waals surface area contributed by atoms with Gasteiger partial charge in [0.1, 0.15) is 11.6 Å². The fourth-order valence-electron chi connectivity index (χ4n) is 4.49. The molecule has 2 aromatic rings. The van der Waals surface area contributed by atoms with Crippen molar-refractivity contribution < 1.29 is 23.9 Å². The molecule has 36 heavy (non-hydrogen) atoms. The smallest absolute Gasteiger partial charge is 0.257 e. The summed E-state index contributed by atoms with van der Waals surface area (Å²) in [6, 6.07) is 2.57. The van der Waals surface area contributed by atoms with Gasteiger partial charge >= 0.3 is 0 Å². The van der Waals surface area contributed by atoms with Crippen LogP contribution in [-0.4, -0.2) is 71.7 Å². The minimum Gasteiger partial charge on any atom is -0.454 e. The molecule has 0 radical (unpaired) electrons. The Morgan fingerprint density at radius 1 is 1.19 bits per heavy atom. The first-order valence-electron chi connectivity index (χ1n) is 12.2. The molecule has 1 fully saturated rings. The lowest BCUT2D eigenvalue weighted by atomic mass is 10.1. The van der Waals surface area contributed by atoms with Gasteiger partial charge in [0.2, 0.25) is 24.0 Å². The van der Waals surface area contributed by atoms with Crippen LogP contribution in [0.25, 0.3) is 10.9 Å². The first-order chi connectivity index (χ1) is 17.4. The van der Waals surface area contributed by atoms with Crippen molar-refractivity contribution in [3.63, 3.8) is 0 Å². The zero-order chi connectivity index (χ0) is 25.7. The quantitative estimate of drug-likeness (QED) is 0.437. The second-order valence-electron chi connectivity index (χ2n) is 8.82. The molecule has 1 saturated heterocycles. The van der Waals surface area contributed by atoms with Gasteiger partial charge in [0.25, 0.3) is 5.91 Å². The molecule has 2 aliphatic heterocycles. The van der Waals surface area contributed by atoms with Crippen molar-refractivity contribution in [2.45, 2.75) is 45.2 Å². The topological polar surface area (TPSA) is 119 Å². The highest BCUT2D eigenvalue weighted by Gasteiger charge is 2.25. The molecule has 0 bridgehead atoms. The summed E-state index contributed by atoms with van der Waals surface area (Å²) in [5, 5.41) is 5.99. The van der Waals surface area contributed by atoms with Crippen LogP contribution < -0.4 is 25.5 Å². The molecule has 10 nitrogen and oxygen atoms in total. The number of carbonyl (C=O) groups excluding carboxylic acids is 3. The second kappa shape index (κ2) is 11.7. The maximum Gasteiger partial charge on any atom is 0.257 e. The lowest BCUT2D eigenvalue weighted by molar-refractivity contribution is -0.127. The molecule has 0 aliphatic carbocycles. The fourth-order valence-corrected chi connectivity index (χ4v) is 4.96. The number of carbonyl (C=O) groups is 3. The summed E-state index contributed by atoms with van der Waals surface area (Å²) in [5.41, 5.74) is 0.193. The number of pyridine rings is 1. The van der Waals surface area contributed by atoms with E-state index in [-0.39, 0.29) is 24.2 Å². The van der Waals surface area contributed by atoms with Gasteiger partial charge in [0, 0.05) is 44.9 Å². The van der Waals surface area contributed by atoms with Crippen LogP contribution in [0.1, 0.15) is 43.0 Å². The van der Waals surface area contributed by atoms with Crippen LogP contribution in [0.5, 0.6) is 11.5 Å². The number of hydrogen-bond acceptors (Lipinski definition) is 7. The molecular weight excluding hydrogens is 484 g/mol. The largest absolute Gasteiger partial charge is 0.454 e. The molecule has 2 N–H and O–H groups in total. The normalized spacial score (nSPS) is 15.4. The van der Waals surface area contributed by atoms with E-state index in [9.17, 15) is 19.2 Å². The van der Waals surface area contributed by atoms with Crippen molar-refractivity contribution in [1.29, 1.82) is 0 Å². The Hall–Kier alpha value is -3.21. The number of aryl methyl sites for hydroxylation is 1. The van der Waals surface area contributed by atoms with Crippen molar-refractivity contribution >= 4 is 40.4 Å². The zero-order valence-electron chi connectivity index (χ0n) is 20.6. The molecule has 1 aromatic heterocycles. The predicted molar refractivity (Wildman–Crippen MR) is 138 cm³/mol. The number of ether oxygens (including phenoxy) is 2. The molecule has 0 spiro atoms. The summed E-state index contributed by atoms with van der Waals surface area (Å²) < 4.78 is 12.7. The number of nitrogens with one attached hydrogen (secondary N) is 2. The minimum absolute atomic E-state index is 0.0299. The van der Waals surface area contributed by atoms with Gasteiger partial charge in [-0.1, -0.05) is 0 Å². The predicted octanol–water partition coefficient (Wildman–Crippen LogP) is 1.73. The Balaban J connectivity index is 1.47. The van der Waals surface area contributed by atoms with E-state index in [0.29, 0.717) is 67.1 Å². The Morgan fingerprint density at radius 2 is 1.97 bits per heavy atom. The molecule has 194 valence electrons. The Kier molecular flexibility index (Phi) is 8.40.